The predicted octanol–water partition coefficient (Wildman–Crippen LogP) is 0.736. The molecule has 1 aliphatic heterocycles. The molecule has 3 N–H and O–H groups in total. The van der Waals surface area contributed by atoms with Gasteiger partial charge in [0.05, 0.1) is 25.3 Å². The van der Waals surface area contributed by atoms with Crippen LogP contribution in [0, 0.1) is 0 Å². The van der Waals surface area contributed by atoms with Crippen molar-refractivity contribution in [3.05, 3.63) is 60.2 Å². The summed E-state index contributed by atoms with van der Waals surface area (Å²) < 4.78 is 0. The number of hydrogen-bond donors (Lipinski definition) is 3. The van der Waals surface area contributed by atoms with Crippen molar-refractivity contribution >= 4 is 23.7 Å². The number of hydrogen-bond acceptors (Lipinski definition) is 11. The van der Waals surface area contributed by atoms with Crippen LogP contribution < -0.4 is 0 Å². The van der Waals surface area contributed by atoms with Crippen LogP contribution in [-0.4, -0.2) is 165 Å². The fourth-order valence-corrected chi connectivity index (χ4v) is 5.57. The topological polar surface area (TPSA) is 171 Å². The van der Waals surface area contributed by atoms with Gasteiger partial charge in [-0.1, -0.05) is 12.1 Å². The van der Waals surface area contributed by atoms with Crippen molar-refractivity contribution in [2.45, 2.75) is 32.2 Å². The van der Waals surface area contributed by atoms with Gasteiger partial charge in [-0.25, -0.2) is 0 Å². The molecule has 3 rings (SSSR count). The zero-order valence-corrected chi connectivity index (χ0v) is 27.2. The molecule has 0 radical (unpaired) electrons. The van der Waals surface area contributed by atoms with Crippen molar-refractivity contribution in [3.8, 4) is 0 Å². The molecule has 1 fully saturated rings. The van der Waals surface area contributed by atoms with E-state index in [-0.39, 0.29) is 25.4 Å². The maximum atomic E-state index is 13.0. The van der Waals surface area contributed by atoms with Crippen LogP contribution in [0.2, 0.25) is 0 Å². The van der Waals surface area contributed by atoms with Gasteiger partial charge in [0, 0.05) is 109 Å². The number of carbonyl (C=O) groups excluding carboxylic acids is 1. The molecular formula is C33H49N7O7. The van der Waals surface area contributed by atoms with Crippen molar-refractivity contribution < 1.29 is 34.5 Å². The number of aromatic nitrogens is 2. The number of Topliss-reactive ketones (excluding diaryl/α,β-unsaturated/α-hetero) is 1. The van der Waals surface area contributed by atoms with Crippen LogP contribution in [0.5, 0.6) is 0 Å². The van der Waals surface area contributed by atoms with E-state index in [1.165, 1.54) is 0 Å². The predicted molar refractivity (Wildman–Crippen MR) is 175 cm³/mol. The number of pyridine rings is 2. The minimum absolute atomic E-state index is 0.146. The molecule has 2 aromatic heterocycles. The third kappa shape index (κ3) is 16.5. The van der Waals surface area contributed by atoms with Gasteiger partial charge in [0.1, 0.15) is 5.78 Å². The minimum Gasteiger partial charge on any atom is -0.480 e. The van der Waals surface area contributed by atoms with Crippen molar-refractivity contribution in [1.82, 2.24) is 34.5 Å². The monoisotopic (exact) mass is 655 g/mol. The molecule has 3 heterocycles. The molecule has 0 spiro atoms. The van der Waals surface area contributed by atoms with Crippen LogP contribution in [0.4, 0.5) is 0 Å². The van der Waals surface area contributed by atoms with Crippen LogP contribution in [0.3, 0.4) is 0 Å². The highest BCUT2D eigenvalue weighted by Gasteiger charge is 2.20. The molecule has 0 unspecified atom stereocenters. The van der Waals surface area contributed by atoms with Gasteiger partial charge in [-0.15, -0.1) is 0 Å². The molecule has 0 aliphatic carbocycles. The van der Waals surface area contributed by atoms with Crippen LogP contribution in [-0.2, 0) is 32.1 Å². The van der Waals surface area contributed by atoms with Gasteiger partial charge in [0.15, 0.2) is 0 Å². The molecule has 14 heteroatoms. The quantitative estimate of drug-likeness (QED) is 0.205. The van der Waals surface area contributed by atoms with E-state index in [4.69, 9.17) is 0 Å². The zero-order valence-electron chi connectivity index (χ0n) is 27.2. The Morgan fingerprint density at radius 3 is 1.53 bits per heavy atom. The molecule has 14 nitrogen and oxygen atoms in total. The summed E-state index contributed by atoms with van der Waals surface area (Å²) in [4.78, 5) is 66.0. The van der Waals surface area contributed by atoms with Crippen molar-refractivity contribution in [2.24, 2.45) is 0 Å². The first-order valence-corrected chi connectivity index (χ1v) is 16.2. The highest BCUT2D eigenvalue weighted by Crippen LogP contribution is 2.08. The van der Waals surface area contributed by atoms with E-state index in [2.05, 4.69) is 19.8 Å². The second-order valence-electron chi connectivity index (χ2n) is 11.9. The summed E-state index contributed by atoms with van der Waals surface area (Å²) in [6, 6.07) is 11.7. The molecule has 47 heavy (non-hydrogen) atoms. The lowest BCUT2D eigenvalue weighted by molar-refractivity contribution is -0.140. The van der Waals surface area contributed by atoms with Crippen molar-refractivity contribution in [1.29, 1.82) is 0 Å². The Labute approximate surface area is 276 Å². The Kier molecular flexibility index (Phi) is 16.9. The molecule has 0 saturated carbocycles. The van der Waals surface area contributed by atoms with E-state index in [0.717, 1.165) is 30.9 Å². The van der Waals surface area contributed by atoms with Crippen molar-refractivity contribution in [3.63, 3.8) is 0 Å². The number of nitrogens with zero attached hydrogens (tertiary/aromatic N) is 7. The summed E-state index contributed by atoms with van der Waals surface area (Å²) in [6.45, 7) is 5.44. The van der Waals surface area contributed by atoms with Crippen LogP contribution in [0.25, 0.3) is 0 Å². The van der Waals surface area contributed by atoms with Gasteiger partial charge in [0.25, 0.3) is 0 Å². The van der Waals surface area contributed by atoms with Gasteiger partial charge >= 0.3 is 17.9 Å². The Bertz CT molecular complexity index is 1210. The third-order valence-electron chi connectivity index (χ3n) is 8.17. The van der Waals surface area contributed by atoms with Crippen molar-refractivity contribution in [2.75, 3.05) is 91.6 Å². The lowest BCUT2D eigenvalue weighted by Gasteiger charge is -2.33. The molecule has 1 saturated heterocycles. The van der Waals surface area contributed by atoms with Gasteiger partial charge in [0.2, 0.25) is 0 Å². The number of aliphatic carboxylic acids is 3. The van der Waals surface area contributed by atoms with Gasteiger partial charge in [-0.2, -0.15) is 0 Å². The summed E-state index contributed by atoms with van der Waals surface area (Å²) in [6.07, 6.45) is 5.86. The van der Waals surface area contributed by atoms with E-state index in [9.17, 15) is 34.5 Å². The highest BCUT2D eigenvalue weighted by atomic mass is 16.4. The second kappa shape index (κ2) is 21.1. The van der Waals surface area contributed by atoms with E-state index in [0.29, 0.717) is 84.7 Å². The maximum Gasteiger partial charge on any atom is 0.317 e. The SMILES string of the molecule is O=C(O)CN1CCN(CCC(=O)CCCN(CCc2ccccn2)Cc2ccccn2)CCN(CC(=O)O)CCN(CC(=O)O)CC1. The number of ketones is 1. The molecular weight excluding hydrogens is 606 g/mol. The summed E-state index contributed by atoms with van der Waals surface area (Å²) in [5, 5.41) is 28.2. The first-order valence-electron chi connectivity index (χ1n) is 16.2. The average Bonchev–Trinajstić information content (AvgIpc) is 3.03. The Hall–Kier alpha value is -3.82. The Balaban J connectivity index is 1.55. The van der Waals surface area contributed by atoms with Gasteiger partial charge < -0.3 is 20.2 Å². The number of carboxylic acid groups (broad SMARTS) is 3. The smallest absolute Gasteiger partial charge is 0.317 e. The standard InChI is InChI=1S/C33H49N7O7/c41-30(8-5-13-37(24-29-7-2-4-12-35-29)14-9-28-6-1-3-11-34-28)10-15-36-16-18-38(25-31(42)43)20-22-40(27-33(46)47)23-21-39(19-17-36)26-32(44)45/h1-4,6-7,11-12H,5,8-10,13-27H2,(H,42,43)(H,44,45)(H,46,47). The zero-order chi connectivity index (χ0) is 33.9. The molecule has 0 atom stereocenters. The van der Waals surface area contributed by atoms with E-state index >= 15 is 0 Å². The normalized spacial score (nSPS) is 16.4. The largest absolute Gasteiger partial charge is 0.480 e. The first kappa shape index (κ1) is 37.6. The second-order valence-corrected chi connectivity index (χ2v) is 11.9. The van der Waals surface area contributed by atoms with Gasteiger partial charge in [-0.05, 0) is 37.2 Å². The lowest BCUT2D eigenvalue weighted by Crippen LogP contribution is -2.48. The van der Waals surface area contributed by atoms with Gasteiger partial charge in [-0.3, -0.25) is 48.7 Å². The summed E-state index contributed by atoms with van der Waals surface area (Å²) in [7, 11) is 0. The highest BCUT2D eigenvalue weighted by molar-refractivity contribution is 5.78. The minimum atomic E-state index is -0.993. The molecule has 258 valence electrons. The molecule has 0 bridgehead atoms. The summed E-state index contributed by atoms with van der Waals surface area (Å²) in [5.74, 6) is -2.78. The summed E-state index contributed by atoms with van der Waals surface area (Å²) in [5.41, 5.74) is 1.99. The lowest BCUT2D eigenvalue weighted by atomic mass is 10.1. The average molecular weight is 656 g/mol. The number of carbonyl (C=O) groups is 4. The van der Waals surface area contributed by atoms with E-state index < -0.39 is 17.9 Å². The van der Waals surface area contributed by atoms with Crippen LogP contribution in [0.1, 0.15) is 30.7 Å². The fraction of sp³-hybridized carbons (Fsp3) is 0.576. The number of carboxylic acids is 3. The Morgan fingerprint density at radius 1 is 0.617 bits per heavy atom. The molecule has 2 aromatic rings. The summed E-state index contributed by atoms with van der Waals surface area (Å²) >= 11 is 0. The molecule has 0 aromatic carbocycles. The van der Waals surface area contributed by atoms with E-state index in [1.54, 1.807) is 27.1 Å². The third-order valence-corrected chi connectivity index (χ3v) is 8.17. The van der Waals surface area contributed by atoms with Crippen LogP contribution in [0.15, 0.2) is 48.8 Å². The Morgan fingerprint density at radius 2 is 1.09 bits per heavy atom. The number of rotatable bonds is 18. The molecule has 0 amide bonds. The van der Waals surface area contributed by atoms with Crippen LogP contribution >= 0.6 is 0 Å². The maximum absolute atomic E-state index is 13.0. The fourth-order valence-electron chi connectivity index (χ4n) is 5.57. The molecule has 1 aliphatic rings. The van der Waals surface area contributed by atoms with E-state index in [1.807, 2.05) is 36.4 Å². The first-order chi connectivity index (χ1) is 22.7.